The molecular formula is C18H19FN4S. The number of hydrogen-bond donors (Lipinski definition) is 0. The van der Waals surface area contributed by atoms with Gasteiger partial charge in [-0.2, -0.15) is 0 Å². The number of halogens is 1. The van der Waals surface area contributed by atoms with Crippen LogP contribution in [0.15, 0.2) is 36.7 Å². The summed E-state index contributed by atoms with van der Waals surface area (Å²) in [5.74, 6) is 0.847. The minimum absolute atomic E-state index is 0.190. The van der Waals surface area contributed by atoms with Crippen molar-refractivity contribution in [1.82, 2.24) is 9.97 Å². The number of rotatable bonds is 3. The number of nitrogens with zero attached hydrogens (tertiary/aromatic N) is 4. The first-order chi connectivity index (χ1) is 11.7. The van der Waals surface area contributed by atoms with Gasteiger partial charge in [-0.1, -0.05) is 6.92 Å². The van der Waals surface area contributed by atoms with E-state index in [9.17, 15) is 4.39 Å². The maximum atomic E-state index is 13.1. The Bertz CT molecular complexity index is 838. The predicted molar refractivity (Wildman–Crippen MR) is 97.6 cm³/mol. The topological polar surface area (TPSA) is 32.3 Å². The number of fused-ring (bicyclic) bond motifs is 1. The summed E-state index contributed by atoms with van der Waals surface area (Å²) in [5, 5.41) is 1.16. The van der Waals surface area contributed by atoms with Gasteiger partial charge in [-0.15, -0.1) is 11.3 Å². The number of benzene rings is 1. The van der Waals surface area contributed by atoms with Crippen molar-refractivity contribution in [3.8, 4) is 0 Å². The molecule has 3 heterocycles. The molecule has 0 unspecified atom stereocenters. The quantitative estimate of drug-likeness (QED) is 0.726. The van der Waals surface area contributed by atoms with Gasteiger partial charge in [0, 0.05) is 36.7 Å². The van der Waals surface area contributed by atoms with Gasteiger partial charge >= 0.3 is 0 Å². The molecule has 124 valence electrons. The van der Waals surface area contributed by atoms with E-state index in [4.69, 9.17) is 0 Å². The molecule has 1 aliphatic rings. The normalized spacial score (nSPS) is 15.2. The van der Waals surface area contributed by atoms with Crippen LogP contribution in [0.2, 0.25) is 0 Å². The number of piperazine rings is 1. The maximum absolute atomic E-state index is 13.1. The Kier molecular flexibility index (Phi) is 4.06. The van der Waals surface area contributed by atoms with E-state index in [-0.39, 0.29) is 5.82 Å². The average molecular weight is 342 g/mol. The Morgan fingerprint density at radius 3 is 2.46 bits per heavy atom. The van der Waals surface area contributed by atoms with Gasteiger partial charge in [-0.3, -0.25) is 0 Å². The summed E-state index contributed by atoms with van der Waals surface area (Å²) in [6, 6.07) is 8.96. The first kappa shape index (κ1) is 15.3. The van der Waals surface area contributed by atoms with Crippen LogP contribution in [0.4, 0.5) is 15.9 Å². The van der Waals surface area contributed by atoms with Crippen molar-refractivity contribution < 1.29 is 4.39 Å². The highest BCUT2D eigenvalue weighted by Crippen LogP contribution is 2.31. The van der Waals surface area contributed by atoms with E-state index in [0.29, 0.717) is 0 Å². The van der Waals surface area contributed by atoms with E-state index < -0.39 is 0 Å². The molecular weight excluding hydrogens is 323 g/mol. The predicted octanol–water partition coefficient (Wildman–Crippen LogP) is 3.72. The van der Waals surface area contributed by atoms with Gasteiger partial charge in [0.1, 0.15) is 22.8 Å². The molecule has 0 spiro atoms. The fourth-order valence-electron chi connectivity index (χ4n) is 3.15. The lowest BCUT2D eigenvalue weighted by atomic mass is 10.2. The first-order valence-corrected chi connectivity index (χ1v) is 9.05. The van der Waals surface area contributed by atoms with Gasteiger partial charge in [0.25, 0.3) is 0 Å². The second kappa shape index (κ2) is 6.36. The number of aryl methyl sites for hydroxylation is 1. The Morgan fingerprint density at radius 2 is 1.75 bits per heavy atom. The van der Waals surface area contributed by atoms with Crippen LogP contribution in [0.25, 0.3) is 10.2 Å². The van der Waals surface area contributed by atoms with Crippen LogP contribution in [0.5, 0.6) is 0 Å². The monoisotopic (exact) mass is 342 g/mol. The standard InChI is InChI=1S/C18H19FN4S/c1-2-15-11-16-17(20-12-21-18(16)24-15)23-9-7-22(8-10-23)14-5-3-13(19)4-6-14/h3-6,11-12H,2,7-10H2,1H3. The molecule has 4 rings (SSSR count). The zero-order chi connectivity index (χ0) is 16.5. The van der Waals surface area contributed by atoms with E-state index in [1.165, 1.54) is 17.0 Å². The SMILES string of the molecule is CCc1cc2c(N3CCN(c4ccc(F)cc4)CC3)ncnc2s1. The van der Waals surface area contributed by atoms with Crippen LogP contribution < -0.4 is 9.80 Å². The maximum Gasteiger partial charge on any atom is 0.140 e. The summed E-state index contributed by atoms with van der Waals surface area (Å²) in [6.45, 7) is 5.78. The molecule has 0 atom stereocenters. The number of thiophene rings is 1. The third-order valence-electron chi connectivity index (χ3n) is 4.48. The van der Waals surface area contributed by atoms with Crippen LogP contribution in [-0.2, 0) is 6.42 Å². The van der Waals surface area contributed by atoms with Gasteiger partial charge in [-0.05, 0) is 36.8 Å². The molecule has 0 radical (unpaired) electrons. The fraction of sp³-hybridized carbons (Fsp3) is 0.333. The molecule has 6 heteroatoms. The third-order valence-corrected chi connectivity index (χ3v) is 5.67. The molecule has 2 aromatic heterocycles. The van der Waals surface area contributed by atoms with E-state index in [0.717, 1.165) is 54.3 Å². The summed E-state index contributed by atoms with van der Waals surface area (Å²) in [6.07, 6.45) is 2.69. The summed E-state index contributed by atoms with van der Waals surface area (Å²) in [5.41, 5.74) is 1.08. The van der Waals surface area contributed by atoms with Gasteiger partial charge in [0.2, 0.25) is 0 Å². The van der Waals surface area contributed by atoms with Crippen molar-refractivity contribution in [3.05, 3.63) is 47.4 Å². The van der Waals surface area contributed by atoms with E-state index in [1.807, 2.05) is 12.1 Å². The molecule has 0 saturated carbocycles. The van der Waals surface area contributed by atoms with Crippen LogP contribution in [0, 0.1) is 5.82 Å². The van der Waals surface area contributed by atoms with Crippen molar-refractivity contribution in [1.29, 1.82) is 0 Å². The highest BCUT2D eigenvalue weighted by Gasteiger charge is 2.21. The summed E-state index contributed by atoms with van der Waals surface area (Å²) >= 11 is 1.75. The summed E-state index contributed by atoms with van der Waals surface area (Å²) in [7, 11) is 0. The van der Waals surface area contributed by atoms with Gasteiger partial charge in [0.05, 0.1) is 5.39 Å². The zero-order valence-electron chi connectivity index (χ0n) is 13.6. The van der Waals surface area contributed by atoms with E-state index >= 15 is 0 Å². The first-order valence-electron chi connectivity index (χ1n) is 8.23. The molecule has 0 N–H and O–H groups in total. The molecule has 0 bridgehead atoms. The minimum atomic E-state index is -0.190. The Morgan fingerprint density at radius 1 is 1.04 bits per heavy atom. The molecule has 4 nitrogen and oxygen atoms in total. The van der Waals surface area contributed by atoms with Crippen molar-refractivity contribution in [2.75, 3.05) is 36.0 Å². The second-order valence-corrected chi connectivity index (χ2v) is 7.05. The van der Waals surface area contributed by atoms with Gasteiger partial charge in [-0.25, -0.2) is 14.4 Å². The largest absolute Gasteiger partial charge is 0.368 e. The van der Waals surface area contributed by atoms with Crippen LogP contribution >= 0.6 is 11.3 Å². The highest BCUT2D eigenvalue weighted by molar-refractivity contribution is 7.18. The number of aromatic nitrogens is 2. The van der Waals surface area contributed by atoms with E-state index in [2.05, 4.69) is 32.8 Å². The molecule has 1 fully saturated rings. The molecule has 3 aromatic rings. The average Bonchev–Trinajstić information content (AvgIpc) is 3.06. The lowest BCUT2D eigenvalue weighted by Gasteiger charge is -2.36. The van der Waals surface area contributed by atoms with Crippen LogP contribution in [-0.4, -0.2) is 36.1 Å². The summed E-state index contributed by atoms with van der Waals surface area (Å²) < 4.78 is 13.1. The lowest BCUT2D eigenvalue weighted by Crippen LogP contribution is -2.46. The van der Waals surface area contributed by atoms with Crippen molar-refractivity contribution in [2.45, 2.75) is 13.3 Å². The molecule has 24 heavy (non-hydrogen) atoms. The smallest absolute Gasteiger partial charge is 0.140 e. The lowest BCUT2D eigenvalue weighted by molar-refractivity contribution is 0.624. The van der Waals surface area contributed by atoms with Crippen molar-refractivity contribution in [2.24, 2.45) is 0 Å². The summed E-state index contributed by atoms with van der Waals surface area (Å²) in [4.78, 5) is 16.0. The fourth-order valence-corrected chi connectivity index (χ4v) is 4.08. The van der Waals surface area contributed by atoms with Crippen LogP contribution in [0.3, 0.4) is 0 Å². The second-order valence-electron chi connectivity index (χ2n) is 5.93. The number of hydrogen-bond acceptors (Lipinski definition) is 5. The van der Waals surface area contributed by atoms with Crippen molar-refractivity contribution in [3.63, 3.8) is 0 Å². The Labute approximate surface area is 144 Å². The molecule has 0 amide bonds. The van der Waals surface area contributed by atoms with Crippen molar-refractivity contribution >= 4 is 33.1 Å². The third kappa shape index (κ3) is 2.82. The Hall–Kier alpha value is -2.21. The zero-order valence-corrected chi connectivity index (χ0v) is 14.4. The Balaban J connectivity index is 1.53. The molecule has 0 aliphatic carbocycles. The molecule has 1 aromatic carbocycles. The van der Waals surface area contributed by atoms with Crippen LogP contribution in [0.1, 0.15) is 11.8 Å². The highest BCUT2D eigenvalue weighted by atomic mass is 32.1. The van der Waals surface area contributed by atoms with Gasteiger partial charge in [0.15, 0.2) is 0 Å². The van der Waals surface area contributed by atoms with Gasteiger partial charge < -0.3 is 9.80 Å². The minimum Gasteiger partial charge on any atom is -0.368 e. The number of anilines is 2. The molecule has 1 saturated heterocycles. The van der Waals surface area contributed by atoms with E-state index in [1.54, 1.807) is 17.7 Å². The molecule has 1 aliphatic heterocycles.